The van der Waals surface area contributed by atoms with Gasteiger partial charge in [0.05, 0.1) is 18.8 Å². The van der Waals surface area contributed by atoms with E-state index in [2.05, 4.69) is 10.4 Å². The molecule has 6 heteroatoms. The third-order valence-electron chi connectivity index (χ3n) is 2.23. The number of nitrogens with zero attached hydrogens (tertiary/aromatic N) is 2. The van der Waals surface area contributed by atoms with Gasteiger partial charge in [0, 0.05) is 5.92 Å². The molecule has 0 aromatic carbocycles. The summed E-state index contributed by atoms with van der Waals surface area (Å²) in [5.41, 5.74) is 0. The molecule has 0 aliphatic rings. The van der Waals surface area contributed by atoms with Crippen molar-refractivity contribution in [2.45, 2.75) is 38.5 Å². The molecule has 0 rings (SSSR count). The van der Waals surface area contributed by atoms with Gasteiger partial charge in [0.1, 0.15) is 6.04 Å². The van der Waals surface area contributed by atoms with Gasteiger partial charge in [-0.15, -0.1) is 0 Å². The standard InChI is InChI=1S/C8H16N2O4/c1-3-6(11)7(10-14)8(12)5(2)4-9-13/h5-8,11-12H,3-4H2,1-2H3/t5?,6-,7?,8?/m1/s1. The SMILES string of the molecule is CC[C@@H](O)C(N=O)C(O)C(C)CN=O. The van der Waals surface area contributed by atoms with Gasteiger partial charge in [-0.1, -0.05) is 24.2 Å². The fraction of sp³-hybridized carbons (Fsp3) is 1.00. The van der Waals surface area contributed by atoms with Gasteiger partial charge in [0.15, 0.2) is 0 Å². The van der Waals surface area contributed by atoms with E-state index in [1.165, 1.54) is 0 Å². The summed E-state index contributed by atoms with van der Waals surface area (Å²) in [7, 11) is 0. The minimum atomic E-state index is -1.12. The second kappa shape index (κ2) is 6.56. The lowest BCUT2D eigenvalue weighted by atomic mass is 9.94. The van der Waals surface area contributed by atoms with Gasteiger partial charge < -0.3 is 10.2 Å². The van der Waals surface area contributed by atoms with E-state index in [0.29, 0.717) is 6.42 Å². The topological polar surface area (TPSA) is 99.3 Å². The van der Waals surface area contributed by atoms with Crippen molar-refractivity contribution in [3.63, 3.8) is 0 Å². The van der Waals surface area contributed by atoms with Gasteiger partial charge >= 0.3 is 0 Å². The van der Waals surface area contributed by atoms with Crippen LogP contribution in [0, 0.1) is 15.7 Å². The van der Waals surface area contributed by atoms with Crippen LogP contribution in [0.25, 0.3) is 0 Å². The van der Waals surface area contributed by atoms with Crippen molar-refractivity contribution in [3.8, 4) is 0 Å². The summed E-state index contributed by atoms with van der Waals surface area (Å²) >= 11 is 0. The van der Waals surface area contributed by atoms with Gasteiger partial charge in [-0.25, -0.2) is 0 Å². The highest BCUT2D eigenvalue weighted by Gasteiger charge is 2.31. The Bertz CT molecular complexity index is 188. The van der Waals surface area contributed by atoms with Crippen LogP contribution >= 0.6 is 0 Å². The summed E-state index contributed by atoms with van der Waals surface area (Å²) in [6.45, 7) is 3.16. The van der Waals surface area contributed by atoms with Crippen LogP contribution in [0.4, 0.5) is 0 Å². The van der Waals surface area contributed by atoms with Crippen molar-refractivity contribution < 1.29 is 10.2 Å². The Morgan fingerprint density at radius 1 is 1.29 bits per heavy atom. The molecule has 3 unspecified atom stereocenters. The average Bonchev–Trinajstić information content (AvgIpc) is 2.18. The molecule has 0 spiro atoms. The van der Waals surface area contributed by atoms with Crippen molar-refractivity contribution in [2.75, 3.05) is 6.54 Å². The van der Waals surface area contributed by atoms with E-state index in [9.17, 15) is 20.0 Å². The van der Waals surface area contributed by atoms with E-state index in [-0.39, 0.29) is 6.54 Å². The van der Waals surface area contributed by atoms with Crippen molar-refractivity contribution in [3.05, 3.63) is 9.81 Å². The maximum atomic E-state index is 10.4. The maximum absolute atomic E-state index is 10.4. The van der Waals surface area contributed by atoms with Crippen LogP contribution in [0.15, 0.2) is 10.4 Å². The first-order valence-corrected chi connectivity index (χ1v) is 4.56. The fourth-order valence-electron chi connectivity index (χ4n) is 1.16. The molecule has 82 valence electrons. The summed E-state index contributed by atoms with van der Waals surface area (Å²) in [6, 6.07) is -1.09. The Balaban J connectivity index is 4.35. The third kappa shape index (κ3) is 3.47. The fourth-order valence-corrected chi connectivity index (χ4v) is 1.16. The number of nitroso groups, excluding NO2 is 2. The van der Waals surface area contributed by atoms with Crippen LogP contribution in [0.2, 0.25) is 0 Å². The molecule has 2 N–H and O–H groups in total. The first-order chi connectivity index (χ1) is 6.58. The maximum Gasteiger partial charge on any atom is 0.144 e. The lowest BCUT2D eigenvalue weighted by Crippen LogP contribution is -2.40. The Kier molecular flexibility index (Phi) is 6.14. The molecule has 0 heterocycles. The van der Waals surface area contributed by atoms with E-state index in [1.807, 2.05) is 0 Å². The molecule has 0 aliphatic carbocycles. The summed E-state index contributed by atoms with van der Waals surface area (Å²) in [5.74, 6) is -0.476. The number of aliphatic hydroxyl groups is 2. The number of hydrogen-bond acceptors (Lipinski definition) is 6. The van der Waals surface area contributed by atoms with E-state index in [1.54, 1.807) is 13.8 Å². The highest BCUT2D eigenvalue weighted by molar-refractivity contribution is 4.85. The predicted octanol–water partition coefficient (Wildman–Crippen LogP) is 0.656. The first-order valence-electron chi connectivity index (χ1n) is 4.56. The van der Waals surface area contributed by atoms with E-state index < -0.39 is 24.2 Å². The predicted molar refractivity (Wildman–Crippen MR) is 51.7 cm³/mol. The molecule has 0 fully saturated rings. The van der Waals surface area contributed by atoms with Crippen LogP contribution in [0.1, 0.15) is 20.3 Å². The van der Waals surface area contributed by atoms with Crippen molar-refractivity contribution >= 4 is 0 Å². The summed E-state index contributed by atoms with van der Waals surface area (Å²) < 4.78 is 0. The minimum absolute atomic E-state index is 0.0936. The van der Waals surface area contributed by atoms with Crippen LogP contribution in [-0.2, 0) is 0 Å². The Hall–Kier alpha value is -0.880. The molecular formula is C8H16N2O4. The lowest BCUT2D eigenvalue weighted by molar-refractivity contribution is 0.0270. The number of hydrogen-bond donors (Lipinski definition) is 2. The average molecular weight is 204 g/mol. The smallest absolute Gasteiger partial charge is 0.144 e. The molecule has 4 atom stereocenters. The van der Waals surface area contributed by atoms with Crippen LogP contribution in [0.3, 0.4) is 0 Å². The molecule has 14 heavy (non-hydrogen) atoms. The molecule has 0 bridgehead atoms. The first kappa shape index (κ1) is 13.1. The van der Waals surface area contributed by atoms with Gasteiger partial charge in [-0.3, -0.25) is 0 Å². The Morgan fingerprint density at radius 3 is 2.21 bits per heavy atom. The number of rotatable bonds is 7. The highest BCUT2D eigenvalue weighted by Crippen LogP contribution is 2.15. The van der Waals surface area contributed by atoms with E-state index >= 15 is 0 Å². The molecule has 0 saturated carbocycles. The van der Waals surface area contributed by atoms with Crippen LogP contribution in [-0.4, -0.2) is 35.0 Å². The lowest BCUT2D eigenvalue weighted by Gasteiger charge is -2.23. The summed E-state index contributed by atoms with van der Waals surface area (Å²) in [5, 5.41) is 24.2. The minimum Gasteiger partial charge on any atom is -0.391 e. The summed E-state index contributed by atoms with van der Waals surface area (Å²) in [4.78, 5) is 20.3. The van der Waals surface area contributed by atoms with Crippen LogP contribution in [0.5, 0.6) is 0 Å². The van der Waals surface area contributed by atoms with Gasteiger partial charge in [0.2, 0.25) is 0 Å². The molecule has 0 amide bonds. The molecule has 6 nitrogen and oxygen atoms in total. The van der Waals surface area contributed by atoms with E-state index in [0.717, 1.165) is 0 Å². The third-order valence-corrected chi connectivity index (χ3v) is 2.23. The zero-order valence-electron chi connectivity index (χ0n) is 8.33. The Labute approximate surface area is 82.3 Å². The van der Waals surface area contributed by atoms with E-state index in [4.69, 9.17) is 0 Å². The molecule has 0 aliphatic heterocycles. The second-order valence-electron chi connectivity index (χ2n) is 3.35. The van der Waals surface area contributed by atoms with Crippen LogP contribution < -0.4 is 0 Å². The Morgan fingerprint density at radius 2 is 1.86 bits per heavy atom. The molecule has 0 saturated heterocycles. The normalized spacial score (nSPS) is 19.4. The zero-order valence-corrected chi connectivity index (χ0v) is 8.33. The van der Waals surface area contributed by atoms with Gasteiger partial charge in [-0.2, -0.15) is 9.81 Å². The van der Waals surface area contributed by atoms with Gasteiger partial charge in [-0.05, 0) is 6.42 Å². The molecule has 0 aromatic rings. The van der Waals surface area contributed by atoms with Crippen molar-refractivity contribution in [1.29, 1.82) is 0 Å². The zero-order chi connectivity index (χ0) is 11.1. The molecular weight excluding hydrogens is 188 g/mol. The second-order valence-corrected chi connectivity index (χ2v) is 3.35. The largest absolute Gasteiger partial charge is 0.391 e. The quantitative estimate of drug-likeness (QED) is 0.595. The number of aliphatic hydroxyl groups excluding tert-OH is 2. The monoisotopic (exact) mass is 204 g/mol. The van der Waals surface area contributed by atoms with Crippen molar-refractivity contribution in [2.24, 2.45) is 16.3 Å². The van der Waals surface area contributed by atoms with Crippen molar-refractivity contribution in [1.82, 2.24) is 0 Å². The molecule has 0 aromatic heterocycles. The van der Waals surface area contributed by atoms with Gasteiger partial charge in [0.25, 0.3) is 0 Å². The highest BCUT2D eigenvalue weighted by atomic mass is 16.3. The molecule has 0 radical (unpaired) electrons. The summed E-state index contributed by atoms with van der Waals surface area (Å²) in [6.07, 6.45) is -1.77.